The standard InChI is InChI=1S/C23H21N5O2/c24-13-19-20(27-28-22(19)25)8-2-1-5-11-26-23(30)14-9-10-16-15-6-3-4-7-17(15)21(29)18(16)12-14/h3-4,6-7,9-10,12H,1-2,5,8,11H2,(H,26,30)(H3,25,27,28). The smallest absolute Gasteiger partial charge is 0.251 e. The number of fused-ring (bicyclic) bond motifs is 3. The maximum absolute atomic E-state index is 12.6. The minimum absolute atomic E-state index is 0.0357. The molecular formula is C23H21N5O2. The number of hydrogen-bond donors (Lipinski definition) is 3. The van der Waals surface area contributed by atoms with Gasteiger partial charge in [-0.3, -0.25) is 14.7 Å². The van der Waals surface area contributed by atoms with Gasteiger partial charge in [0, 0.05) is 23.2 Å². The molecule has 7 nitrogen and oxygen atoms in total. The molecule has 1 aromatic heterocycles. The highest BCUT2D eigenvalue weighted by atomic mass is 16.1. The van der Waals surface area contributed by atoms with Gasteiger partial charge >= 0.3 is 0 Å². The number of unbranched alkanes of at least 4 members (excludes halogenated alkanes) is 2. The van der Waals surface area contributed by atoms with Gasteiger partial charge in [0.2, 0.25) is 0 Å². The molecule has 150 valence electrons. The molecule has 4 rings (SSSR count). The van der Waals surface area contributed by atoms with E-state index in [1.165, 1.54) is 0 Å². The molecule has 0 aliphatic heterocycles. The first-order valence-corrected chi connectivity index (χ1v) is 9.89. The van der Waals surface area contributed by atoms with Crippen LogP contribution in [0.25, 0.3) is 11.1 Å². The van der Waals surface area contributed by atoms with Gasteiger partial charge in [-0.25, -0.2) is 0 Å². The van der Waals surface area contributed by atoms with Gasteiger partial charge in [-0.15, -0.1) is 0 Å². The number of carbonyl (C=O) groups is 2. The molecule has 0 radical (unpaired) electrons. The van der Waals surface area contributed by atoms with Crippen LogP contribution in [0.5, 0.6) is 0 Å². The normalized spacial score (nSPS) is 11.6. The Bertz CT molecular complexity index is 1170. The van der Waals surface area contributed by atoms with Gasteiger partial charge in [0.25, 0.3) is 5.91 Å². The number of H-pyrrole nitrogens is 1. The lowest BCUT2D eigenvalue weighted by Crippen LogP contribution is -2.24. The molecule has 0 bridgehead atoms. The van der Waals surface area contributed by atoms with Gasteiger partial charge in [0.1, 0.15) is 11.6 Å². The molecule has 0 saturated heterocycles. The van der Waals surface area contributed by atoms with Crippen molar-refractivity contribution in [2.75, 3.05) is 12.3 Å². The van der Waals surface area contributed by atoms with Crippen LogP contribution in [0.1, 0.15) is 56.8 Å². The Labute approximate surface area is 173 Å². The van der Waals surface area contributed by atoms with E-state index < -0.39 is 0 Å². The number of nitrogens with two attached hydrogens (primary N) is 1. The highest BCUT2D eigenvalue weighted by Gasteiger charge is 2.26. The number of hydrogen-bond acceptors (Lipinski definition) is 5. The first kappa shape index (κ1) is 19.4. The number of aromatic nitrogens is 2. The van der Waals surface area contributed by atoms with Gasteiger partial charge in [-0.05, 0) is 42.5 Å². The van der Waals surface area contributed by atoms with E-state index in [1.54, 1.807) is 12.1 Å². The third-order valence-corrected chi connectivity index (χ3v) is 5.36. The molecule has 4 N–H and O–H groups in total. The minimum atomic E-state index is -0.185. The van der Waals surface area contributed by atoms with Crippen molar-refractivity contribution in [2.24, 2.45) is 0 Å². The molecule has 1 amide bonds. The van der Waals surface area contributed by atoms with Crippen molar-refractivity contribution in [1.82, 2.24) is 15.5 Å². The SMILES string of the molecule is N#Cc1c(N)n[nH]c1CCCCCNC(=O)c1ccc2c(c1)C(=O)c1ccccc1-2. The summed E-state index contributed by atoms with van der Waals surface area (Å²) in [6.45, 7) is 0.542. The summed E-state index contributed by atoms with van der Waals surface area (Å²) in [4.78, 5) is 25.1. The zero-order chi connectivity index (χ0) is 21.1. The van der Waals surface area contributed by atoms with Crippen LogP contribution in [-0.4, -0.2) is 28.4 Å². The Kier molecular flexibility index (Phi) is 5.31. The Balaban J connectivity index is 1.27. The summed E-state index contributed by atoms with van der Waals surface area (Å²) in [5.74, 6) is 0.0109. The highest BCUT2D eigenvalue weighted by molar-refractivity contribution is 6.22. The number of carbonyl (C=O) groups excluding carboxylic acids is 2. The lowest BCUT2D eigenvalue weighted by atomic mass is 10.0. The minimum Gasteiger partial charge on any atom is -0.381 e. The van der Waals surface area contributed by atoms with Crippen LogP contribution < -0.4 is 11.1 Å². The number of aromatic amines is 1. The quantitative estimate of drug-likeness (QED) is 0.412. The van der Waals surface area contributed by atoms with E-state index in [2.05, 4.69) is 21.6 Å². The molecule has 0 fully saturated rings. The molecule has 1 aliphatic rings. The number of anilines is 1. The van der Waals surface area contributed by atoms with E-state index in [4.69, 9.17) is 11.0 Å². The monoisotopic (exact) mass is 399 g/mol. The average Bonchev–Trinajstić information content (AvgIpc) is 3.27. The largest absolute Gasteiger partial charge is 0.381 e. The van der Waals surface area contributed by atoms with Crippen molar-refractivity contribution < 1.29 is 9.59 Å². The van der Waals surface area contributed by atoms with Crippen LogP contribution in [-0.2, 0) is 6.42 Å². The van der Waals surface area contributed by atoms with E-state index in [0.717, 1.165) is 36.1 Å². The number of aryl methyl sites for hydroxylation is 1. The van der Waals surface area contributed by atoms with Gasteiger partial charge in [0.05, 0.1) is 5.69 Å². The van der Waals surface area contributed by atoms with Crippen molar-refractivity contribution >= 4 is 17.5 Å². The molecule has 7 heteroatoms. The fraction of sp³-hybridized carbons (Fsp3) is 0.217. The van der Waals surface area contributed by atoms with Gasteiger partial charge in [-0.1, -0.05) is 36.8 Å². The molecule has 0 unspecified atom stereocenters. The van der Waals surface area contributed by atoms with Crippen molar-refractivity contribution in [3.8, 4) is 17.2 Å². The summed E-state index contributed by atoms with van der Waals surface area (Å²) in [5.41, 5.74) is 10.3. The third-order valence-electron chi connectivity index (χ3n) is 5.36. The number of benzene rings is 2. The fourth-order valence-corrected chi connectivity index (χ4v) is 3.78. The molecule has 0 saturated carbocycles. The van der Waals surface area contributed by atoms with Crippen molar-refractivity contribution in [3.05, 3.63) is 70.4 Å². The number of nitrogens with one attached hydrogen (secondary N) is 2. The number of rotatable bonds is 7. The summed E-state index contributed by atoms with van der Waals surface area (Å²) in [7, 11) is 0. The van der Waals surface area contributed by atoms with Crippen LogP contribution in [0.4, 0.5) is 5.82 Å². The molecular weight excluding hydrogens is 378 g/mol. The average molecular weight is 399 g/mol. The molecule has 1 aliphatic carbocycles. The summed E-state index contributed by atoms with van der Waals surface area (Å²) in [6.07, 6.45) is 3.25. The number of nitriles is 1. The second kappa shape index (κ2) is 8.21. The lowest BCUT2D eigenvalue weighted by molar-refractivity contribution is 0.0953. The van der Waals surface area contributed by atoms with E-state index in [9.17, 15) is 9.59 Å². The highest BCUT2D eigenvalue weighted by Crippen LogP contribution is 2.36. The van der Waals surface area contributed by atoms with Crippen molar-refractivity contribution in [1.29, 1.82) is 5.26 Å². The van der Waals surface area contributed by atoms with Gasteiger partial charge < -0.3 is 11.1 Å². The van der Waals surface area contributed by atoms with Crippen LogP contribution in [0.2, 0.25) is 0 Å². The van der Waals surface area contributed by atoms with Gasteiger partial charge in [0.15, 0.2) is 11.6 Å². The maximum atomic E-state index is 12.6. The molecule has 0 atom stereocenters. The van der Waals surface area contributed by atoms with Crippen molar-refractivity contribution in [3.63, 3.8) is 0 Å². The van der Waals surface area contributed by atoms with E-state index in [0.29, 0.717) is 35.2 Å². The zero-order valence-corrected chi connectivity index (χ0v) is 16.4. The second-order valence-electron chi connectivity index (χ2n) is 7.28. The Hall–Kier alpha value is -3.92. The molecule has 1 heterocycles. The molecule has 2 aromatic carbocycles. The first-order chi connectivity index (χ1) is 14.6. The fourth-order valence-electron chi connectivity index (χ4n) is 3.78. The van der Waals surface area contributed by atoms with Crippen LogP contribution >= 0.6 is 0 Å². The topological polar surface area (TPSA) is 125 Å². The Morgan fingerprint density at radius 1 is 1.07 bits per heavy atom. The zero-order valence-electron chi connectivity index (χ0n) is 16.4. The van der Waals surface area contributed by atoms with E-state index in [1.807, 2.05) is 30.3 Å². The lowest BCUT2D eigenvalue weighted by Gasteiger charge is -2.07. The van der Waals surface area contributed by atoms with E-state index >= 15 is 0 Å². The molecule has 0 spiro atoms. The number of nitrogens with zero attached hydrogens (tertiary/aromatic N) is 2. The summed E-state index contributed by atoms with van der Waals surface area (Å²) in [5, 5.41) is 18.6. The number of ketones is 1. The van der Waals surface area contributed by atoms with Crippen molar-refractivity contribution in [2.45, 2.75) is 25.7 Å². The Morgan fingerprint density at radius 2 is 1.83 bits per heavy atom. The predicted octanol–water partition coefficient (Wildman–Crippen LogP) is 3.22. The first-order valence-electron chi connectivity index (χ1n) is 9.89. The summed E-state index contributed by atoms with van der Waals surface area (Å²) in [6, 6.07) is 14.8. The number of amides is 1. The predicted molar refractivity (Wildman–Crippen MR) is 113 cm³/mol. The number of nitrogen functional groups attached to an aromatic ring is 1. The van der Waals surface area contributed by atoms with Crippen LogP contribution in [0, 0.1) is 11.3 Å². The molecule has 3 aromatic rings. The summed E-state index contributed by atoms with van der Waals surface area (Å²) >= 11 is 0. The maximum Gasteiger partial charge on any atom is 0.251 e. The van der Waals surface area contributed by atoms with Gasteiger partial charge in [-0.2, -0.15) is 10.4 Å². The van der Waals surface area contributed by atoms with Crippen LogP contribution in [0.3, 0.4) is 0 Å². The third kappa shape index (κ3) is 3.55. The Morgan fingerprint density at radius 3 is 2.63 bits per heavy atom. The van der Waals surface area contributed by atoms with E-state index in [-0.39, 0.29) is 17.5 Å². The van der Waals surface area contributed by atoms with Crippen LogP contribution in [0.15, 0.2) is 42.5 Å². The summed E-state index contributed by atoms with van der Waals surface area (Å²) < 4.78 is 0. The molecule has 30 heavy (non-hydrogen) atoms. The second-order valence-corrected chi connectivity index (χ2v) is 7.28.